The highest BCUT2D eigenvalue weighted by atomic mass is 15.2. The van der Waals surface area contributed by atoms with Crippen molar-refractivity contribution in [3.05, 3.63) is 47.8 Å². The van der Waals surface area contributed by atoms with Crippen LogP contribution in [-0.4, -0.2) is 15.0 Å². The first-order valence-electron chi connectivity index (χ1n) is 10.7. The summed E-state index contributed by atoms with van der Waals surface area (Å²) in [5.41, 5.74) is 8.06. The van der Waals surface area contributed by atoms with Crippen molar-refractivity contribution in [2.75, 3.05) is 11.1 Å². The largest absolute Gasteiger partial charge is 0.368 e. The molecule has 3 atom stereocenters. The minimum atomic E-state index is 0.281. The van der Waals surface area contributed by atoms with Gasteiger partial charge in [0, 0.05) is 12.1 Å². The Morgan fingerprint density at radius 3 is 2.54 bits per heavy atom. The molecule has 5 heteroatoms. The topological polar surface area (TPSA) is 76.7 Å². The monoisotopic (exact) mass is 377 g/mol. The van der Waals surface area contributed by atoms with Crippen molar-refractivity contribution in [3.63, 3.8) is 0 Å². The number of anilines is 3. The van der Waals surface area contributed by atoms with Gasteiger partial charge in [0.25, 0.3) is 0 Å². The summed E-state index contributed by atoms with van der Waals surface area (Å²) in [6.45, 7) is 2.07. The van der Waals surface area contributed by atoms with Gasteiger partial charge in [0.15, 0.2) is 0 Å². The lowest BCUT2D eigenvalue weighted by Crippen LogP contribution is -2.07. The number of nitrogens with two attached hydrogens (primary N) is 1. The summed E-state index contributed by atoms with van der Waals surface area (Å²) in [6.07, 6.45) is 15.0. The molecule has 0 aliphatic heterocycles. The molecule has 1 heterocycles. The Morgan fingerprint density at radius 1 is 0.964 bits per heavy atom. The number of aromatic nitrogens is 3. The lowest BCUT2D eigenvalue weighted by Gasteiger charge is -2.17. The van der Waals surface area contributed by atoms with Gasteiger partial charge in [-0.15, -0.1) is 0 Å². The Hall–Kier alpha value is -2.43. The fourth-order valence-electron chi connectivity index (χ4n) is 4.64. The molecule has 0 amide bonds. The molecule has 1 aromatic carbocycles. The van der Waals surface area contributed by atoms with Crippen molar-refractivity contribution in [1.82, 2.24) is 15.0 Å². The standard InChI is InChI=1S/C23H31N5/c1-16-8-12-20(13-9-16)25-23-27-21(26-22(24)28-23)7-5-3-2-4-6-18-14-17-10-11-19(18)15-17/h8-13,17-19H,2-7,14-15H2,1H3,(H3,24,25,26,27,28). The molecule has 4 rings (SSSR count). The first-order chi connectivity index (χ1) is 13.7. The number of allylic oxidation sites excluding steroid dienone is 2. The molecule has 0 spiro atoms. The molecule has 148 valence electrons. The summed E-state index contributed by atoms with van der Waals surface area (Å²) in [6, 6.07) is 8.14. The highest BCUT2D eigenvalue weighted by Gasteiger charge is 2.34. The van der Waals surface area contributed by atoms with Gasteiger partial charge in [-0.05, 0) is 62.5 Å². The molecule has 1 aromatic heterocycles. The fourth-order valence-corrected chi connectivity index (χ4v) is 4.64. The molecule has 2 aliphatic rings. The second-order valence-electron chi connectivity index (χ2n) is 8.42. The molecule has 1 saturated carbocycles. The van der Waals surface area contributed by atoms with E-state index in [1.165, 1.54) is 44.1 Å². The summed E-state index contributed by atoms with van der Waals surface area (Å²) in [5, 5.41) is 3.22. The number of nitrogens with one attached hydrogen (secondary N) is 1. The molecule has 0 saturated heterocycles. The van der Waals surface area contributed by atoms with E-state index in [0.29, 0.717) is 5.95 Å². The molecule has 1 fully saturated rings. The van der Waals surface area contributed by atoms with Gasteiger partial charge in [0.05, 0.1) is 0 Å². The molecule has 0 radical (unpaired) electrons. The van der Waals surface area contributed by atoms with E-state index < -0.39 is 0 Å². The zero-order valence-corrected chi connectivity index (χ0v) is 16.8. The summed E-state index contributed by atoms with van der Waals surface area (Å²) in [7, 11) is 0. The van der Waals surface area contributed by atoms with Crippen LogP contribution in [0.1, 0.15) is 56.3 Å². The van der Waals surface area contributed by atoms with E-state index in [0.717, 1.165) is 42.1 Å². The van der Waals surface area contributed by atoms with Crippen molar-refractivity contribution in [3.8, 4) is 0 Å². The summed E-state index contributed by atoms with van der Waals surface area (Å²) >= 11 is 0. The minimum Gasteiger partial charge on any atom is -0.368 e. The number of fused-ring (bicyclic) bond motifs is 2. The van der Waals surface area contributed by atoms with E-state index in [-0.39, 0.29) is 5.95 Å². The average Bonchev–Trinajstić information content (AvgIpc) is 3.29. The Kier molecular flexibility index (Phi) is 5.89. The van der Waals surface area contributed by atoms with Crippen LogP contribution in [0.25, 0.3) is 0 Å². The van der Waals surface area contributed by atoms with Crippen molar-refractivity contribution in [2.45, 2.75) is 58.3 Å². The molecule has 2 aliphatic carbocycles. The first-order valence-corrected chi connectivity index (χ1v) is 10.7. The quantitative estimate of drug-likeness (QED) is 0.463. The molecule has 5 nitrogen and oxygen atoms in total. The number of unbranched alkanes of at least 4 members (excludes halogenated alkanes) is 3. The number of hydrogen-bond donors (Lipinski definition) is 2. The highest BCUT2D eigenvalue weighted by molar-refractivity contribution is 5.54. The number of hydrogen-bond acceptors (Lipinski definition) is 5. The smallest absolute Gasteiger partial charge is 0.232 e. The number of nitrogens with zero attached hydrogens (tertiary/aromatic N) is 3. The predicted octanol–water partition coefficient (Wildman–Crippen LogP) is 5.21. The summed E-state index contributed by atoms with van der Waals surface area (Å²) in [4.78, 5) is 13.1. The van der Waals surface area contributed by atoms with Crippen molar-refractivity contribution >= 4 is 17.6 Å². The maximum Gasteiger partial charge on any atom is 0.232 e. The van der Waals surface area contributed by atoms with Gasteiger partial charge in [0.2, 0.25) is 11.9 Å². The molecule has 2 bridgehead atoms. The van der Waals surface area contributed by atoms with Crippen LogP contribution in [0.5, 0.6) is 0 Å². The van der Waals surface area contributed by atoms with E-state index in [9.17, 15) is 0 Å². The average molecular weight is 378 g/mol. The van der Waals surface area contributed by atoms with Crippen molar-refractivity contribution in [2.24, 2.45) is 17.8 Å². The second-order valence-corrected chi connectivity index (χ2v) is 8.42. The molecule has 3 unspecified atom stereocenters. The highest BCUT2D eigenvalue weighted by Crippen LogP contribution is 2.45. The van der Waals surface area contributed by atoms with E-state index in [1.807, 2.05) is 12.1 Å². The Labute approximate surface area is 167 Å². The SMILES string of the molecule is Cc1ccc(Nc2nc(N)nc(CCCCCCC3CC4C=CC3C4)n2)cc1. The molecular formula is C23H31N5. The van der Waals surface area contributed by atoms with Crippen LogP contribution in [0.15, 0.2) is 36.4 Å². The molecule has 2 aromatic rings. The van der Waals surface area contributed by atoms with E-state index in [1.54, 1.807) is 0 Å². The van der Waals surface area contributed by atoms with Gasteiger partial charge in [-0.3, -0.25) is 0 Å². The van der Waals surface area contributed by atoms with Crippen LogP contribution < -0.4 is 11.1 Å². The van der Waals surface area contributed by atoms with Gasteiger partial charge in [-0.25, -0.2) is 0 Å². The van der Waals surface area contributed by atoms with E-state index >= 15 is 0 Å². The van der Waals surface area contributed by atoms with Gasteiger partial charge in [0.1, 0.15) is 5.82 Å². The molecule has 3 N–H and O–H groups in total. The van der Waals surface area contributed by atoms with Gasteiger partial charge in [-0.2, -0.15) is 15.0 Å². The third kappa shape index (κ3) is 4.89. The van der Waals surface area contributed by atoms with Gasteiger partial charge in [-0.1, -0.05) is 49.1 Å². The lowest BCUT2D eigenvalue weighted by molar-refractivity contribution is 0.394. The number of rotatable bonds is 9. The van der Waals surface area contributed by atoms with Crippen molar-refractivity contribution in [1.29, 1.82) is 0 Å². The Morgan fingerprint density at radius 2 is 1.79 bits per heavy atom. The van der Waals surface area contributed by atoms with Gasteiger partial charge >= 0.3 is 0 Å². The predicted molar refractivity (Wildman–Crippen MR) is 114 cm³/mol. The van der Waals surface area contributed by atoms with Crippen LogP contribution >= 0.6 is 0 Å². The normalized spacial score (nSPS) is 22.7. The first kappa shape index (κ1) is 18.9. The zero-order chi connectivity index (χ0) is 19.3. The number of benzene rings is 1. The van der Waals surface area contributed by atoms with Crippen LogP contribution in [0.4, 0.5) is 17.6 Å². The van der Waals surface area contributed by atoms with Crippen LogP contribution in [-0.2, 0) is 6.42 Å². The summed E-state index contributed by atoms with van der Waals surface area (Å²) < 4.78 is 0. The van der Waals surface area contributed by atoms with Gasteiger partial charge < -0.3 is 11.1 Å². The van der Waals surface area contributed by atoms with Crippen LogP contribution in [0.3, 0.4) is 0 Å². The maximum atomic E-state index is 5.88. The Bertz CT molecular complexity index is 814. The molecule has 28 heavy (non-hydrogen) atoms. The zero-order valence-electron chi connectivity index (χ0n) is 16.8. The maximum absolute atomic E-state index is 5.88. The lowest BCUT2D eigenvalue weighted by atomic mass is 9.88. The van der Waals surface area contributed by atoms with Crippen LogP contribution in [0.2, 0.25) is 0 Å². The third-order valence-corrected chi connectivity index (χ3v) is 6.15. The van der Waals surface area contributed by atoms with Crippen LogP contribution in [0, 0.1) is 24.7 Å². The second kappa shape index (κ2) is 8.72. The number of nitrogen functional groups attached to an aromatic ring is 1. The van der Waals surface area contributed by atoms with E-state index in [4.69, 9.17) is 5.73 Å². The third-order valence-electron chi connectivity index (χ3n) is 6.15. The van der Waals surface area contributed by atoms with Crippen molar-refractivity contribution < 1.29 is 0 Å². The number of aryl methyl sites for hydroxylation is 2. The minimum absolute atomic E-state index is 0.281. The summed E-state index contributed by atoms with van der Waals surface area (Å²) in [5.74, 6) is 4.32. The Balaban J connectivity index is 1.19. The molecular weight excluding hydrogens is 346 g/mol. The van der Waals surface area contributed by atoms with E-state index in [2.05, 4.69) is 51.5 Å². The fraction of sp³-hybridized carbons (Fsp3) is 0.522.